The van der Waals surface area contributed by atoms with Crippen LogP contribution in [0.15, 0.2) is 57.9 Å². The molecule has 2 aliphatic heterocycles. The van der Waals surface area contributed by atoms with Crippen molar-refractivity contribution < 1.29 is 63.8 Å². The van der Waals surface area contributed by atoms with Crippen molar-refractivity contribution in [2.24, 2.45) is 11.8 Å². The first kappa shape index (κ1) is 38.3. The van der Waals surface area contributed by atoms with Gasteiger partial charge in [0.05, 0.1) is 42.7 Å². The number of hydrogen-bond acceptors (Lipinski definition) is 10. The van der Waals surface area contributed by atoms with Gasteiger partial charge in [-0.3, -0.25) is 4.79 Å². The predicted octanol–water partition coefficient (Wildman–Crippen LogP) is 3.75. The van der Waals surface area contributed by atoms with E-state index in [-0.39, 0.29) is 53.0 Å². The quantitative estimate of drug-likeness (QED) is 0.207. The molecule has 2 aromatic carbocycles. The number of sulfonamides is 1. The number of nitrogens with zero attached hydrogens (tertiary/aromatic N) is 2. The number of carbonyl (C=O) groups is 2. The van der Waals surface area contributed by atoms with Gasteiger partial charge in [-0.15, -0.1) is 0 Å². The highest BCUT2D eigenvalue weighted by atomic mass is 32.2. The lowest BCUT2D eigenvalue weighted by Gasteiger charge is -2.31. The molecule has 51 heavy (non-hydrogen) atoms. The number of aliphatic hydroxyl groups is 1. The fourth-order valence-corrected chi connectivity index (χ4v) is 7.49. The molecular formula is C32H37F5N4O9S. The summed E-state index contributed by atoms with van der Waals surface area (Å²) in [7, 11) is -4.44. The van der Waals surface area contributed by atoms with E-state index in [0.717, 1.165) is 15.9 Å². The van der Waals surface area contributed by atoms with Crippen LogP contribution in [0.3, 0.4) is 0 Å². The van der Waals surface area contributed by atoms with Crippen molar-refractivity contribution in [3.8, 4) is 0 Å². The Bertz CT molecular complexity index is 1790. The van der Waals surface area contributed by atoms with Crippen molar-refractivity contribution in [1.29, 1.82) is 0 Å². The van der Waals surface area contributed by atoms with Crippen molar-refractivity contribution in [2.75, 3.05) is 26.3 Å². The topological polar surface area (TPSA) is 170 Å². The minimum atomic E-state index is -6.13. The molecule has 0 radical (unpaired) electrons. The van der Waals surface area contributed by atoms with Crippen molar-refractivity contribution in [2.45, 2.75) is 74.8 Å². The second-order valence-corrected chi connectivity index (χ2v) is 14.7. The fraction of sp³-hybridized carbons (Fsp3) is 0.531. The van der Waals surface area contributed by atoms with Crippen LogP contribution in [-0.2, 0) is 42.0 Å². The molecule has 2 fully saturated rings. The van der Waals surface area contributed by atoms with Gasteiger partial charge in [0, 0.05) is 18.5 Å². The van der Waals surface area contributed by atoms with Crippen LogP contribution in [0.25, 0.3) is 11.0 Å². The number of hydrogen-bond donors (Lipinski definition) is 3. The monoisotopic (exact) mass is 748 g/mol. The second kappa shape index (κ2) is 15.4. The van der Waals surface area contributed by atoms with E-state index in [0.29, 0.717) is 13.0 Å². The molecule has 2 aliphatic rings. The number of aromatic nitrogens is 1. The van der Waals surface area contributed by atoms with Gasteiger partial charge in [0.2, 0.25) is 10.0 Å². The molecule has 3 N–H and O–H groups in total. The Balaban J connectivity index is 1.35. The zero-order valence-corrected chi connectivity index (χ0v) is 28.3. The summed E-state index contributed by atoms with van der Waals surface area (Å²) in [5.74, 6) is -8.69. The zero-order valence-electron chi connectivity index (χ0n) is 27.4. The predicted molar refractivity (Wildman–Crippen MR) is 168 cm³/mol. The number of carbonyl (C=O) groups excluding carboxylic acids is 2. The molecule has 3 aromatic rings. The molecule has 19 heteroatoms. The highest BCUT2D eigenvalue weighted by Gasteiger charge is 2.63. The van der Waals surface area contributed by atoms with Gasteiger partial charge in [-0.2, -0.15) is 26.3 Å². The molecule has 1 aromatic heterocycles. The largest absolute Gasteiger partial charge is 0.463 e. The van der Waals surface area contributed by atoms with Crippen LogP contribution in [0.4, 0.5) is 26.7 Å². The minimum Gasteiger partial charge on any atom is -0.443 e. The van der Waals surface area contributed by atoms with Gasteiger partial charge in [-0.1, -0.05) is 49.3 Å². The third kappa shape index (κ3) is 8.77. The van der Waals surface area contributed by atoms with E-state index >= 15 is 0 Å². The molecule has 3 heterocycles. The van der Waals surface area contributed by atoms with E-state index in [1.54, 1.807) is 44.2 Å². The van der Waals surface area contributed by atoms with Gasteiger partial charge in [0.25, 0.3) is 0 Å². The SMILES string of the molecule is CC(C)CN(C[C@@H](O)[C@H](Cc1ccccc1)NC(=O)O[C@H]1CO[C@H]2OCC[C@H]21)S(=O)(=O)c1ccc2onc(CNC(=O)C(F)(F)C(F)(F)F)c2c1. The van der Waals surface area contributed by atoms with Gasteiger partial charge in [-0.05, 0) is 42.5 Å². The molecule has 5 rings (SSSR count). The Morgan fingerprint density at radius 1 is 1.08 bits per heavy atom. The average Bonchev–Trinajstić information content (AvgIpc) is 3.80. The number of alkyl halides is 5. The molecule has 0 aliphatic carbocycles. The van der Waals surface area contributed by atoms with E-state index < -0.39 is 71.8 Å². The fourth-order valence-electron chi connectivity index (χ4n) is 5.84. The third-order valence-electron chi connectivity index (χ3n) is 8.48. The summed E-state index contributed by atoms with van der Waals surface area (Å²) >= 11 is 0. The molecular weight excluding hydrogens is 711 g/mol. The lowest BCUT2D eigenvalue weighted by atomic mass is 10.0. The molecule has 0 spiro atoms. The van der Waals surface area contributed by atoms with Crippen molar-refractivity contribution in [3.05, 3.63) is 59.8 Å². The van der Waals surface area contributed by atoms with E-state index in [4.69, 9.17) is 18.7 Å². The average molecular weight is 749 g/mol. The first-order valence-electron chi connectivity index (χ1n) is 16.0. The number of aliphatic hydroxyl groups excluding tert-OH is 1. The summed E-state index contributed by atoms with van der Waals surface area (Å²) in [5, 5.41) is 19.2. The Morgan fingerprint density at radius 2 is 1.80 bits per heavy atom. The number of ether oxygens (including phenoxy) is 3. The summed E-state index contributed by atoms with van der Waals surface area (Å²) in [4.78, 5) is 24.4. The van der Waals surface area contributed by atoms with Crippen LogP contribution in [-0.4, -0.2) is 97.9 Å². The number of alkyl carbamates (subject to hydrolysis) is 1. The van der Waals surface area contributed by atoms with Crippen molar-refractivity contribution in [3.63, 3.8) is 0 Å². The van der Waals surface area contributed by atoms with Crippen molar-refractivity contribution >= 4 is 33.0 Å². The van der Waals surface area contributed by atoms with E-state index in [1.807, 2.05) is 0 Å². The summed E-state index contributed by atoms with van der Waals surface area (Å²) < 4.78 is 116. The highest BCUT2D eigenvalue weighted by Crippen LogP contribution is 2.36. The van der Waals surface area contributed by atoms with E-state index in [9.17, 15) is 45.1 Å². The van der Waals surface area contributed by atoms with Crippen LogP contribution in [0.1, 0.15) is 31.5 Å². The van der Waals surface area contributed by atoms with Crippen LogP contribution in [0.5, 0.6) is 0 Å². The zero-order chi connectivity index (χ0) is 37.1. The van der Waals surface area contributed by atoms with Crippen LogP contribution in [0, 0.1) is 11.8 Å². The van der Waals surface area contributed by atoms with E-state index in [1.165, 1.54) is 17.4 Å². The van der Waals surface area contributed by atoms with Gasteiger partial charge < -0.3 is 34.5 Å². The maximum atomic E-state index is 14.1. The summed E-state index contributed by atoms with van der Waals surface area (Å²) in [6.45, 7) is 2.60. The molecule has 280 valence electrons. The summed E-state index contributed by atoms with van der Waals surface area (Å²) in [6.07, 6.45) is -8.71. The van der Waals surface area contributed by atoms with Gasteiger partial charge in [0.1, 0.15) is 11.8 Å². The van der Waals surface area contributed by atoms with Gasteiger partial charge in [-0.25, -0.2) is 13.2 Å². The molecule has 2 amide bonds. The maximum Gasteiger partial charge on any atom is 0.463 e. The first-order chi connectivity index (χ1) is 24.0. The summed E-state index contributed by atoms with van der Waals surface area (Å²) in [6, 6.07) is 11.3. The number of fused-ring (bicyclic) bond motifs is 2. The molecule has 5 atom stereocenters. The molecule has 13 nitrogen and oxygen atoms in total. The lowest BCUT2D eigenvalue weighted by molar-refractivity contribution is -0.269. The normalized spacial score (nSPS) is 20.8. The number of rotatable bonds is 14. The standard InChI is InChI=1S/C32H37F5N4O9S/c1-18(2)15-41(51(45,46)20-8-9-26-22(13-20)24(40-50-26)14-38-29(43)31(33,34)32(35,36)37)16-25(42)23(12-19-6-4-3-5-7-19)39-30(44)49-27-17-48-28-21(27)10-11-47-28/h3-9,13,18,21,23,25,27-28,42H,10-12,14-17H2,1-2H3,(H,38,43)(H,39,44)/t21-,23-,25+,27-,28+/m0/s1. The summed E-state index contributed by atoms with van der Waals surface area (Å²) in [5.41, 5.74) is 0.390. The Morgan fingerprint density at radius 3 is 2.49 bits per heavy atom. The Hall–Kier alpha value is -3.91. The number of amides is 2. The van der Waals surface area contributed by atoms with Gasteiger partial charge >= 0.3 is 24.1 Å². The van der Waals surface area contributed by atoms with Crippen molar-refractivity contribution in [1.82, 2.24) is 20.1 Å². The molecule has 0 bridgehead atoms. The maximum absolute atomic E-state index is 14.1. The van der Waals surface area contributed by atoms with Crippen LogP contribution >= 0.6 is 0 Å². The highest BCUT2D eigenvalue weighted by molar-refractivity contribution is 7.89. The molecule has 2 saturated heterocycles. The van der Waals surface area contributed by atoms with Crippen LogP contribution < -0.4 is 10.6 Å². The smallest absolute Gasteiger partial charge is 0.443 e. The van der Waals surface area contributed by atoms with E-state index in [2.05, 4.69) is 10.5 Å². The second-order valence-electron chi connectivity index (χ2n) is 12.7. The van der Waals surface area contributed by atoms with Crippen LogP contribution in [0.2, 0.25) is 0 Å². The molecule has 0 saturated carbocycles. The Labute approximate surface area is 289 Å². The third-order valence-corrected chi connectivity index (χ3v) is 10.3. The van der Waals surface area contributed by atoms with Gasteiger partial charge in [0.15, 0.2) is 11.9 Å². The number of nitrogens with one attached hydrogen (secondary N) is 2. The number of benzene rings is 2. The Kier molecular flexibility index (Phi) is 11.5. The number of halogens is 5. The minimum absolute atomic E-state index is 0.0370. The lowest BCUT2D eigenvalue weighted by Crippen LogP contribution is -2.51. The first-order valence-corrected chi connectivity index (χ1v) is 17.4. The molecule has 0 unspecified atom stereocenters.